The minimum atomic E-state index is -4.72. The largest absolute Gasteiger partial charge is 0.742 e. The van der Waals surface area contributed by atoms with Crippen LogP contribution in [0.4, 0.5) is 0 Å². The van der Waals surface area contributed by atoms with E-state index in [-0.39, 0.29) is 5.76 Å². The van der Waals surface area contributed by atoms with Gasteiger partial charge >= 0.3 is 0 Å². The number of hydrazone groups is 1. The number of benzene rings is 2. The van der Waals surface area contributed by atoms with Crippen molar-refractivity contribution in [1.82, 2.24) is 5.43 Å². The number of aliphatic hydroxyl groups is 1. The van der Waals surface area contributed by atoms with Gasteiger partial charge in [-0.2, -0.15) is 5.10 Å². The summed E-state index contributed by atoms with van der Waals surface area (Å²) in [5.74, 6) is -0.887. The normalized spacial score (nSPS) is 12.2. The van der Waals surface area contributed by atoms with E-state index >= 15 is 0 Å². The quantitative estimate of drug-likeness (QED) is 0.367. The number of rotatable bonds is 6. The number of furan rings is 1. The van der Waals surface area contributed by atoms with Crippen LogP contribution in [0.5, 0.6) is 0 Å². The van der Waals surface area contributed by atoms with Crippen LogP contribution in [-0.2, 0) is 20.5 Å². The third-order valence-electron chi connectivity index (χ3n) is 3.92. The average Bonchev–Trinajstić information content (AvgIpc) is 3.18. The number of carbonyl (C=O) groups is 1. The Morgan fingerprint density at radius 1 is 1.00 bits per heavy atom. The highest BCUT2D eigenvalue weighted by Crippen LogP contribution is 2.29. The molecule has 0 aliphatic rings. The molecular weight excluding hydrogens is 384 g/mol. The molecular formula is C19H15N2O6S-. The molecule has 0 aliphatic heterocycles. The van der Waals surface area contributed by atoms with Crippen LogP contribution in [0.15, 0.2) is 87.4 Å². The summed E-state index contributed by atoms with van der Waals surface area (Å²) in [5, 5.41) is 14.1. The van der Waals surface area contributed by atoms with Crippen molar-refractivity contribution >= 4 is 22.2 Å². The van der Waals surface area contributed by atoms with E-state index in [1.54, 1.807) is 60.7 Å². The molecule has 0 radical (unpaired) electrons. The van der Waals surface area contributed by atoms with E-state index in [0.29, 0.717) is 11.1 Å². The van der Waals surface area contributed by atoms with Crippen molar-refractivity contribution in [3.05, 3.63) is 89.7 Å². The molecule has 1 aromatic heterocycles. The predicted octanol–water partition coefficient (Wildman–Crippen LogP) is 1.57. The lowest BCUT2D eigenvalue weighted by atomic mass is 9.85. The molecule has 2 aromatic carbocycles. The second-order valence-corrected chi connectivity index (χ2v) is 7.06. The van der Waals surface area contributed by atoms with E-state index in [9.17, 15) is 22.9 Å². The lowest BCUT2D eigenvalue weighted by molar-refractivity contribution is -0.136. The van der Waals surface area contributed by atoms with Crippen molar-refractivity contribution in [2.24, 2.45) is 5.10 Å². The monoisotopic (exact) mass is 399 g/mol. The van der Waals surface area contributed by atoms with Crippen LogP contribution in [0.3, 0.4) is 0 Å². The van der Waals surface area contributed by atoms with Gasteiger partial charge in [0.2, 0.25) is 5.09 Å². The summed E-state index contributed by atoms with van der Waals surface area (Å²) in [7, 11) is -4.72. The zero-order valence-electron chi connectivity index (χ0n) is 14.3. The Morgan fingerprint density at radius 3 is 2.00 bits per heavy atom. The van der Waals surface area contributed by atoms with Crippen LogP contribution in [0.1, 0.15) is 16.9 Å². The van der Waals surface area contributed by atoms with Crippen LogP contribution < -0.4 is 5.43 Å². The Bertz CT molecular complexity index is 1050. The lowest BCUT2D eigenvalue weighted by Gasteiger charge is -2.26. The maximum Gasteiger partial charge on any atom is 0.281 e. The van der Waals surface area contributed by atoms with Crippen LogP contribution in [0.2, 0.25) is 0 Å². The van der Waals surface area contributed by atoms with Gasteiger partial charge in [0.05, 0.1) is 6.21 Å². The first-order valence-corrected chi connectivity index (χ1v) is 9.45. The molecule has 8 nitrogen and oxygen atoms in total. The number of hydrogen-bond donors (Lipinski definition) is 2. The maximum absolute atomic E-state index is 12.8. The van der Waals surface area contributed by atoms with E-state index in [0.717, 1.165) is 12.3 Å². The summed E-state index contributed by atoms with van der Waals surface area (Å²) in [5.41, 5.74) is 0.881. The molecule has 1 heterocycles. The Labute approximate surface area is 160 Å². The van der Waals surface area contributed by atoms with Gasteiger partial charge in [0.15, 0.2) is 15.7 Å². The molecule has 0 aliphatic carbocycles. The molecule has 2 N–H and O–H groups in total. The minimum Gasteiger partial charge on any atom is -0.742 e. The standard InChI is InChI=1S/C19H16N2O6S/c22-18(21-20-13-16-11-12-17(27-16)28(24,25)26)19(23,14-7-3-1-4-8-14)15-9-5-2-6-10-15/h1-13,23H,(H,21,22)(H,24,25,26)/p-1/b20-13-. The Kier molecular flexibility index (Phi) is 5.41. The van der Waals surface area contributed by atoms with Crippen molar-refractivity contribution in [1.29, 1.82) is 0 Å². The van der Waals surface area contributed by atoms with Gasteiger partial charge in [-0.3, -0.25) is 4.79 Å². The van der Waals surface area contributed by atoms with Gasteiger partial charge in [0.25, 0.3) is 5.91 Å². The molecule has 9 heteroatoms. The summed E-state index contributed by atoms with van der Waals surface area (Å²) in [6, 6.07) is 18.9. The number of nitrogens with one attached hydrogen (secondary N) is 1. The first-order chi connectivity index (χ1) is 13.3. The molecule has 3 rings (SSSR count). The molecule has 0 unspecified atom stereocenters. The van der Waals surface area contributed by atoms with E-state index in [4.69, 9.17) is 4.42 Å². The second kappa shape index (κ2) is 7.77. The first kappa shape index (κ1) is 19.5. The van der Waals surface area contributed by atoms with Gasteiger partial charge in [-0.1, -0.05) is 60.7 Å². The topological polar surface area (TPSA) is 132 Å². The summed E-state index contributed by atoms with van der Waals surface area (Å²) in [6.07, 6.45) is 1.02. The van der Waals surface area contributed by atoms with E-state index in [1.165, 1.54) is 6.07 Å². The number of hydrogen-bond acceptors (Lipinski definition) is 7. The summed E-state index contributed by atoms with van der Waals surface area (Å²) in [4.78, 5) is 12.8. The van der Waals surface area contributed by atoms with Gasteiger partial charge < -0.3 is 14.1 Å². The lowest BCUT2D eigenvalue weighted by Crippen LogP contribution is -2.43. The van der Waals surface area contributed by atoms with E-state index in [1.807, 2.05) is 0 Å². The molecule has 0 bridgehead atoms. The van der Waals surface area contributed by atoms with Crippen LogP contribution in [0, 0.1) is 0 Å². The summed E-state index contributed by atoms with van der Waals surface area (Å²) in [6.45, 7) is 0. The molecule has 1 amide bonds. The Hall–Kier alpha value is -3.27. The molecule has 0 fully saturated rings. The van der Waals surface area contributed by atoms with Gasteiger partial charge in [-0.05, 0) is 23.3 Å². The fourth-order valence-electron chi connectivity index (χ4n) is 2.56. The van der Waals surface area contributed by atoms with E-state index in [2.05, 4.69) is 10.5 Å². The minimum absolute atomic E-state index is 0.0577. The molecule has 28 heavy (non-hydrogen) atoms. The predicted molar refractivity (Wildman–Crippen MR) is 98.3 cm³/mol. The van der Waals surface area contributed by atoms with Crippen molar-refractivity contribution < 1.29 is 27.3 Å². The highest BCUT2D eigenvalue weighted by atomic mass is 32.2. The zero-order valence-corrected chi connectivity index (χ0v) is 15.2. The molecule has 0 spiro atoms. The van der Waals surface area contributed by atoms with Gasteiger partial charge in [-0.15, -0.1) is 0 Å². The van der Waals surface area contributed by atoms with Crippen LogP contribution >= 0.6 is 0 Å². The second-order valence-electron chi connectivity index (χ2n) is 5.75. The number of carbonyl (C=O) groups excluding carboxylic acids is 1. The van der Waals surface area contributed by atoms with Crippen molar-refractivity contribution in [2.45, 2.75) is 10.7 Å². The van der Waals surface area contributed by atoms with Crippen molar-refractivity contribution in [2.75, 3.05) is 0 Å². The smallest absolute Gasteiger partial charge is 0.281 e. The fourth-order valence-corrected chi connectivity index (χ4v) is 2.99. The molecule has 144 valence electrons. The summed E-state index contributed by atoms with van der Waals surface area (Å²) < 4.78 is 37.5. The Morgan fingerprint density at radius 2 is 1.54 bits per heavy atom. The van der Waals surface area contributed by atoms with Gasteiger partial charge in [0.1, 0.15) is 5.76 Å². The van der Waals surface area contributed by atoms with Crippen LogP contribution in [0.25, 0.3) is 0 Å². The molecule has 0 atom stereocenters. The highest BCUT2D eigenvalue weighted by Gasteiger charge is 2.39. The molecule has 0 saturated heterocycles. The Balaban J connectivity index is 1.86. The maximum atomic E-state index is 12.8. The number of nitrogens with zero attached hydrogens (tertiary/aromatic N) is 1. The third-order valence-corrected chi connectivity index (χ3v) is 4.63. The third kappa shape index (κ3) is 4.01. The molecule has 0 saturated carbocycles. The van der Waals surface area contributed by atoms with Crippen molar-refractivity contribution in [3.8, 4) is 0 Å². The molecule has 3 aromatic rings. The number of amides is 1. The average molecular weight is 399 g/mol. The fraction of sp³-hybridized carbons (Fsp3) is 0.0526. The zero-order chi connectivity index (χ0) is 20.2. The van der Waals surface area contributed by atoms with Crippen LogP contribution in [-0.4, -0.2) is 30.2 Å². The first-order valence-electron chi connectivity index (χ1n) is 8.04. The van der Waals surface area contributed by atoms with Gasteiger partial charge in [-0.25, -0.2) is 13.8 Å². The summed E-state index contributed by atoms with van der Waals surface area (Å²) >= 11 is 0. The van der Waals surface area contributed by atoms with Crippen molar-refractivity contribution in [3.63, 3.8) is 0 Å². The SMILES string of the molecule is O=C(N/N=C\c1ccc(S(=O)(=O)[O-])o1)C(O)(c1ccccc1)c1ccccc1. The van der Waals surface area contributed by atoms with Gasteiger partial charge in [0, 0.05) is 0 Å². The van der Waals surface area contributed by atoms with E-state index < -0.39 is 26.7 Å². The highest BCUT2D eigenvalue weighted by molar-refractivity contribution is 7.85.